The molecule has 88 valence electrons. The Kier molecular flexibility index (Phi) is 4.50. The highest BCUT2D eigenvalue weighted by molar-refractivity contribution is 5.97. The minimum Gasteiger partial charge on any atom is -0.488 e. The van der Waals surface area contributed by atoms with E-state index in [4.69, 9.17) is 9.47 Å². The van der Waals surface area contributed by atoms with Gasteiger partial charge in [-0.25, -0.2) is 0 Å². The lowest BCUT2D eigenvalue weighted by Crippen LogP contribution is -2.19. The van der Waals surface area contributed by atoms with E-state index in [0.29, 0.717) is 17.9 Å². The number of aryl methyl sites for hydroxylation is 1. The smallest absolute Gasteiger partial charge is 0.163 e. The van der Waals surface area contributed by atoms with Crippen LogP contribution in [0.15, 0.2) is 18.2 Å². The third-order valence-corrected chi connectivity index (χ3v) is 2.24. The molecule has 0 aliphatic heterocycles. The van der Waals surface area contributed by atoms with Crippen molar-refractivity contribution < 1.29 is 14.3 Å². The van der Waals surface area contributed by atoms with Crippen LogP contribution in [0.5, 0.6) is 5.75 Å². The van der Waals surface area contributed by atoms with Gasteiger partial charge in [-0.1, -0.05) is 11.6 Å². The van der Waals surface area contributed by atoms with Gasteiger partial charge in [0.15, 0.2) is 5.78 Å². The van der Waals surface area contributed by atoms with E-state index in [1.807, 2.05) is 32.0 Å². The molecule has 1 unspecified atom stereocenters. The minimum atomic E-state index is -0.0641. The molecule has 0 bridgehead atoms. The van der Waals surface area contributed by atoms with Crippen molar-refractivity contribution in [3.63, 3.8) is 0 Å². The van der Waals surface area contributed by atoms with Crippen molar-refractivity contribution >= 4 is 5.78 Å². The van der Waals surface area contributed by atoms with Gasteiger partial charge < -0.3 is 9.47 Å². The Hall–Kier alpha value is -1.35. The highest BCUT2D eigenvalue weighted by Crippen LogP contribution is 2.21. The third-order valence-electron chi connectivity index (χ3n) is 2.24. The van der Waals surface area contributed by atoms with Gasteiger partial charge in [0.2, 0.25) is 0 Å². The van der Waals surface area contributed by atoms with E-state index in [2.05, 4.69) is 0 Å². The molecule has 0 aromatic heterocycles. The Bertz CT molecular complexity index is 371. The second-order valence-electron chi connectivity index (χ2n) is 3.94. The lowest BCUT2D eigenvalue weighted by Gasteiger charge is -2.16. The SMILES string of the molecule is COCC(C)Oc1ccc(C)cc1C(C)=O. The highest BCUT2D eigenvalue weighted by atomic mass is 16.5. The molecule has 0 amide bonds. The molecule has 0 spiro atoms. The molecule has 1 aromatic carbocycles. The van der Waals surface area contributed by atoms with Gasteiger partial charge in [-0.05, 0) is 32.9 Å². The molecule has 0 fully saturated rings. The molecular formula is C13H18O3. The van der Waals surface area contributed by atoms with Crippen LogP contribution in [-0.4, -0.2) is 25.6 Å². The number of ether oxygens (including phenoxy) is 2. The van der Waals surface area contributed by atoms with Crippen LogP contribution >= 0.6 is 0 Å². The van der Waals surface area contributed by atoms with Gasteiger partial charge >= 0.3 is 0 Å². The van der Waals surface area contributed by atoms with Gasteiger partial charge in [-0.15, -0.1) is 0 Å². The number of benzene rings is 1. The molecular weight excluding hydrogens is 204 g/mol. The largest absolute Gasteiger partial charge is 0.488 e. The summed E-state index contributed by atoms with van der Waals surface area (Å²) in [4.78, 5) is 11.4. The molecule has 0 N–H and O–H groups in total. The van der Waals surface area contributed by atoms with Crippen LogP contribution in [0.3, 0.4) is 0 Å². The second kappa shape index (κ2) is 5.66. The zero-order valence-corrected chi connectivity index (χ0v) is 10.2. The second-order valence-corrected chi connectivity index (χ2v) is 3.94. The first-order valence-electron chi connectivity index (χ1n) is 5.31. The fraction of sp³-hybridized carbons (Fsp3) is 0.462. The monoisotopic (exact) mass is 222 g/mol. The summed E-state index contributed by atoms with van der Waals surface area (Å²) in [6, 6.07) is 5.61. The van der Waals surface area contributed by atoms with E-state index >= 15 is 0 Å². The quantitative estimate of drug-likeness (QED) is 0.718. The summed E-state index contributed by atoms with van der Waals surface area (Å²) >= 11 is 0. The molecule has 0 aliphatic rings. The van der Waals surface area contributed by atoms with Crippen LogP contribution in [0.25, 0.3) is 0 Å². The lowest BCUT2D eigenvalue weighted by atomic mass is 10.1. The standard InChI is InChI=1S/C13H18O3/c1-9-5-6-13(12(7-9)11(3)14)16-10(2)8-15-4/h5-7,10H,8H2,1-4H3. The van der Waals surface area contributed by atoms with Crippen molar-refractivity contribution in [3.05, 3.63) is 29.3 Å². The third kappa shape index (κ3) is 3.35. The van der Waals surface area contributed by atoms with E-state index < -0.39 is 0 Å². The van der Waals surface area contributed by atoms with Gasteiger partial charge in [0.25, 0.3) is 0 Å². The fourth-order valence-corrected chi connectivity index (χ4v) is 1.51. The highest BCUT2D eigenvalue weighted by Gasteiger charge is 2.11. The Morgan fingerprint density at radius 2 is 2.12 bits per heavy atom. The van der Waals surface area contributed by atoms with Crippen LogP contribution in [0.2, 0.25) is 0 Å². The first-order chi connectivity index (χ1) is 7.54. The van der Waals surface area contributed by atoms with Crippen LogP contribution in [0, 0.1) is 6.92 Å². The van der Waals surface area contributed by atoms with Gasteiger partial charge in [0.1, 0.15) is 11.9 Å². The first-order valence-corrected chi connectivity index (χ1v) is 5.31. The zero-order chi connectivity index (χ0) is 12.1. The predicted octanol–water partition coefficient (Wildman–Crippen LogP) is 2.61. The molecule has 0 saturated heterocycles. The van der Waals surface area contributed by atoms with E-state index in [0.717, 1.165) is 5.56 Å². The normalized spacial score (nSPS) is 12.2. The summed E-state index contributed by atoms with van der Waals surface area (Å²) in [5, 5.41) is 0. The van der Waals surface area contributed by atoms with Crippen molar-refractivity contribution in [1.82, 2.24) is 0 Å². The number of Topliss-reactive ketones (excluding diaryl/α,β-unsaturated/α-hetero) is 1. The molecule has 3 nitrogen and oxygen atoms in total. The summed E-state index contributed by atoms with van der Waals surface area (Å²) in [6.07, 6.45) is -0.0641. The van der Waals surface area contributed by atoms with Crippen molar-refractivity contribution in [2.24, 2.45) is 0 Å². The Balaban J connectivity index is 2.90. The molecule has 0 radical (unpaired) electrons. The summed E-state index contributed by atoms with van der Waals surface area (Å²) in [5.41, 5.74) is 1.68. The number of rotatable bonds is 5. The van der Waals surface area contributed by atoms with Crippen molar-refractivity contribution in [2.75, 3.05) is 13.7 Å². The average Bonchev–Trinajstić information content (AvgIpc) is 2.20. The molecule has 1 aromatic rings. The maximum atomic E-state index is 11.4. The molecule has 0 heterocycles. The van der Waals surface area contributed by atoms with Gasteiger partial charge in [0.05, 0.1) is 12.2 Å². The summed E-state index contributed by atoms with van der Waals surface area (Å²) in [6.45, 7) is 5.91. The maximum absolute atomic E-state index is 11.4. The Morgan fingerprint density at radius 1 is 1.44 bits per heavy atom. The van der Waals surface area contributed by atoms with Gasteiger partial charge in [0, 0.05) is 7.11 Å². The molecule has 0 aliphatic carbocycles. The molecule has 1 atom stereocenters. The molecule has 1 rings (SSSR count). The number of hydrogen-bond acceptors (Lipinski definition) is 3. The summed E-state index contributed by atoms with van der Waals surface area (Å²) in [7, 11) is 1.63. The van der Waals surface area contributed by atoms with E-state index in [1.54, 1.807) is 14.0 Å². The van der Waals surface area contributed by atoms with Crippen LogP contribution in [-0.2, 0) is 4.74 Å². The number of ketones is 1. The van der Waals surface area contributed by atoms with Crippen LogP contribution < -0.4 is 4.74 Å². The van der Waals surface area contributed by atoms with E-state index in [9.17, 15) is 4.79 Å². The Labute approximate surface area is 96.4 Å². The van der Waals surface area contributed by atoms with Crippen molar-refractivity contribution in [3.8, 4) is 5.75 Å². The van der Waals surface area contributed by atoms with E-state index in [-0.39, 0.29) is 11.9 Å². The number of methoxy groups -OCH3 is 1. The number of hydrogen-bond donors (Lipinski definition) is 0. The maximum Gasteiger partial charge on any atom is 0.163 e. The lowest BCUT2D eigenvalue weighted by molar-refractivity contribution is 0.0889. The average molecular weight is 222 g/mol. The van der Waals surface area contributed by atoms with Gasteiger partial charge in [-0.3, -0.25) is 4.79 Å². The topological polar surface area (TPSA) is 35.5 Å². The van der Waals surface area contributed by atoms with Crippen molar-refractivity contribution in [1.29, 1.82) is 0 Å². The molecule has 3 heteroatoms. The molecule has 0 saturated carbocycles. The Morgan fingerprint density at radius 3 is 2.69 bits per heavy atom. The minimum absolute atomic E-state index is 0.0170. The van der Waals surface area contributed by atoms with Gasteiger partial charge in [-0.2, -0.15) is 0 Å². The summed E-state index contributed by atoms with van der Waals surface area (Å²) < 4.78 is 10.6. The van der Waals surface area contributed by atoms with Crippen molar-refractivity contribution in [2.45, 2.75) is 26.9 Å². The molecule has 16 heavy (non-hydrogen) atoms. The van der Waals surface area contributed by atoms with Crippen LogP contribution in [0.1, 0.15) is 29.8 Å². The van der Waals surface area contributed by atoms with Crippen LogP contribution in [0.4, 0.5) is 0 Å². The predicted molar refractivity (Wildman–Crippen MR) is 63.1 cm³/mol. The first kappa shape index (κ1) is 12.7. The summed E-state index contributed by atoms with van der Waals surface area (Å²) in [5.74, 6) is 0.644. The number of carbonyl (C=O) groups is 1. The van der Waals surface area contributed by atoms with E-state index in [1.165, 1.54) is 0 Å². The number of carbonyl (C=O) groups excluding carboxylic acids is 1. The zero-order valence-electron chi connectivity index (χ0n) is 10.2. The fourth-order valence-electron chi connectivity index (χ4n) is 1.51.